The van der Waals surface area contributed by atoms with Crippen molar-refractivity contribution in [2.24, 2.45) is 11.8 Å². The molecule has 28 heavy (non-hydrogen) atoms. The van der Waals surface area contributed by atoms with Gasteiger partial charge < -0.3 is 4.74 Å². The summed E-state index contributed by atoms with van der Waals surface area (Å²) in [6, 6.07) is 8.69. The Morgan fingerprint density at radius 2 is 1.79 bits per heavy atom. The zero-order chi connectivity index (χ0) is 19.9. The van der Waals surface area contributed by atoms with Crippen molar-refractivity contribution >= 4 is 5.97 Å². The van der Waals surface area contributed by atoms with E-state index in [0.717, 1.165) is 56.9 Å². The smallest absolute Gasteiger partial charge is 0.309 e. The number of nitriles is 2. The average Bonchev–Trinajstić information content (AvgIpc) is 2.73. The van der Waals surface area contributed by atoms with E-state index in [2.05, 4.69) is 0 Å². The van der Waals surface area contributed by atoms with Gasteiger partial charge in [0.05, 0.1) is 17.6 Å². The molecule has 0 amide bonds. The molecule has 0 aliphatic heterocycles. The summed E-state index contributed by atoms with van der Waals surface area (Å²) in [5.74, 6) is 0.00410. The van der Waals surface area contributed by atoms with Crippen molar-refractivity contribution in [3.05, 3.63) is 47.3 Å². The fourth-order valence-corrected chi connectivity index (χ4v) is 4.38. The lowest BCUT2D eigenvalue weighted by atomic mass is 9.78. The summed E-state index contributed by atoms with van der Waals surface area (Å²) < 4.78 is 19.6. The molecular weight excluding hydrogens is 355 g/mol. The number of halogens is 1. The molecule has 0 N–H and O–H groups in total. The molecule has 2 saturated carbocycles. The van der Waals surface area contributed by atoms with Crippen molar-refractivity contribution < 1.29 is 13.9 Å². The number of nitrogens with zero attached hydrogens (tertiary/aromatic N) is 2. The predicted molar refractivity (Wildman–Crippen MR) is 102 cm³/mol. The second-order valence-electron chi connectivity index (χ2n) is 7.86. The van der Waals surface area contributed by atoms with E-state index in [1.807, 2.05) is 24.3 Å². The Labute approximate surface area is 165 Å². The van der Waals surface area contributed by atoms with Crippen molar-refractivity contribution in [1.29, 1.82) is 10.5 Å². The van der Waals surface area contributed by atoms with Gasteiger partial charge in [0.25, 0.3) is 0 Å². The van der Waals surface area contributed by atoms with E-state index in [-0.39, 0.29) is 29.5 Å². The SMILES string of the molecule is N#C/C=C/C1CCC(OC(=O)C2CCC(c3ccc(C#N)c(F)c3)CC2)CC1. The van der Waals surface area contributed by atoms with Crippen LogP contribution < -0.4 is 0 Å². The van der Waals surface area contributed by atoms with Gasteiger partial charge in [0.2, 0.25) is 0 Å². The summed E-state index contributed by atoms with van der Waals surface area (Å²) >= 11 is 0. The van der Waals surface area contributed by atoms with Crippen molar-refractivity contribution in [1.82, 2.24) is 0 Å². The molecule has 0 saturated heterocycles. The highest BCUT2D eigenvalue weighted by Gasteiger charge is 2.31. The van der Waals surface area contributed by atoms with Gasteiger partial charge in [-0.1, -0.05) is 12.1 Å². The van der Waals surface area contributed by atoms with E-state index in [9.17, 15) is 9.18 Å². The molecular formula is C23H25FN2O2. The van der Waals surface area contributed by atoms with Crippen LogP contribution in [0.4, 0.5) is 4.39 Å². The first kappa shape index (κ1) is 20.1. The third-order valence-electron chi connectivity index (χ3n) is 6.09. The Hall–Kier alpha value is -2.66. The molecule has 4 nitrogen and oxygen atoms in total. The zero-order valence-corrected chi connectivity index (χ0v) is 15.9. The van der Waals surface area contributed by atoms with E-state index in [0.29, 0.717) is 5.92 Å². The summed E-state index contributed by atoms with van der Waals surface area (Å²) in [5, 5.41) is 17.4. The number of rotatable bonds is 4. The standard InChI is InChI=1S/C23H25FN2O2/c24-22-14-19(9-10-20(22)15-26)17-5-7-18(8-6-17)23(27)28-21-11-3-16(4-12-21)2-1-13-25/h1-2,9-10,14,16-18,21H,3-8,11-12H2/b2-1+. The fourth-order valence-electron chi connectivity index (χ4n) is 4.38. The molecule has 2 aliphatic carbocycles. The molecule has 5 heteroatoms. The second kappa shape index (κ2) is 9.51. The Kier molecular flexibility index (Phi) is 6.82. The molecule has 2 aliphatic rings. The zero-order valence-electron chi connectivity index (χ0n) is 15.9. The average molecular weight is 380 g/mol. The lowest BCUT2D eigenvalue weighted by Crippen LogP contribution is -2.29. The molecule has 0 heterocycles. The number of esters is 1. The second-order valence-corrected chi connectivity index (χ2v) is 7.86. The van der Waals surface area contributed by atoms with Crippen LogP contribution in [0.1, 0.15) is 68.4 Å². The van der Waals surface area contributed by atoms with E-state index in [4.69, 9.17) is 15.3 Å². The molecule has 2 fully saturated rings. The van der Waals surface area contributed by atoms with Crippen molar-refractivity contribution in [3.8, 4) is 12.1 Å². The predicted octanol–water partition coefficient (Wildman–Crippen LogP) is 5.15. The largest absolute Gasteiger partial charge is 0.462 e. The van der Waals surface area contributed by atoms with Crippen LogP contribution in [0.15, 0.2) is 30.4 Å². The minimum absolute atomic E-state index is 0.00965. The molecule has 0 bridgehead atoms. The topological polar surface area (TPSA) is 73.9 Å². The van der Waals surface area contributed by atoms with Crippen LogP contribution in [0.3, 0.4) is 0 Å². The van der Waals surface area contributed by atoms with Crippen LogP contribution in [0.2, 0.25) is 0 Å². The fraction of sp³-hybridized carbons (Fsp3) is 0.522. The van der Waals surface area contributed by atoms with Crippen LogP contribution in [0, 0.1) is 40.3 Å². The van der Waals surface area contributed by atoms with Gasteiger partial charge in [0, 0.05) is 6.08 Å². The third kappa shape index (κ3) is 4.98. The molecule has 3 rings (SSSR count). The van der Waals surface area contributed by atoms with Crippen LogP contribution >= 0.6 is 0 Å². The van der Waals surface area contributed by atoms with E-state index in [1.165, 1.54) is 18.2 Å². The lowest BCUT2D eigenvalue weighted by molar-refractivity contribution is -0.157. The van der Waals surface area contributed by atoms with Gasteiger partial charge in [-0.15, -0.1) is 0 Å². The first-order valence-corrected chi connectivity index (χ1v) is 10.1. The van der Waals surface area contributed by atoms with Gasteiger partial charge in [-0.2, -0.15) is 10.5 Å². The molecule has 0 aromatic heterocycles. The maximum Gasteiger partial charge on any atom is 0.309 e. The Morgan fingerprint density at radius 1 is 1.07 bits per heavy atom. The molecule has 1 aromatic rings. The number of hydrogen-bond donors (Lipinski definition) is 0. The Balaban J connectivity index is 1.45. The Morgan fingerprint density at radius 3 is 2.39 bits per heavy atom. The van der Waals surface area contributed by atoms with E-state index in [1.54, 1.807) is 0 Å². The Bertz CT molecular complexity index is 805. The van der Waals surface area contributed by atoms with Crippen molar-refractivity contribution in [3.63, 3.8) is 0 Å². The number of ether oxygens (including phenoxy) is 1. The van der Waals surface area contributed by atoms with Gasteiger partial charge in [-0.3, -0.25) is 4.79 Å². The minimum atomic E-state index is -0.471. The number of carbonyl (C=O) groups excluding carboxylic acids is 1. The number of benzene rings is 1. The summed E-state index contributed by atoms with van der Waals surface area (Å²) in [6.45, 7) is 0. The maximum atomic E-state index is 13.9. The molecule has 146 valence electrons. The lowest BCUT2D eigenvalue weighted by Gasteiger charge is -2.31. The monoisotopic (exact) mass is 380 g/mol. The highest BCUT2D eigenvalue weighted by molar-refractivity contribution is 5.72. The first-order chi connectivity index (χ1) is 13.6. The van der Waals surface area contributed by atoms with Crippen LogP contribution in [-0.2, 0) is 9.53 Å². The van der Waals surface area contributed by atoms with Crippen LogP contribution in [0.5, 0.6) is 0 Å². The molecule has 0 spiro atoms. The van der Waals surface area contributed by atoms with Gasteiger partial charge >= 0.3 is 5.97 Å². The van der Waals surface area contributed by atoms with E-state index < -0.39 is 5.82 Å². The van der Waals surface area contributed by atoms with Crippen molar-refractivity contribution in [2.45, 2.75) is 63.4 Å². The number of carbonyl (C=O) groups is 1. The highest BCUT2D eigenvalue weighted by Crippen LogP contribution is 2.37. The summed E-state index contributed by atoms with van der Waals surface area (Å²) in [4.78, 5) is 12.5. The van der Waals surface area contributed by atoms with Crippen molar-refractivity contribution in [2.75, 3.05) is 0 Å². The molecule has 0 unspecified atom stereocenters. The third-order valence-corrected chi connectivity index (χ3v) is 6.09. The van der Waals surface area contributed by atoms with Gasteiger partial charge in [0.1, 0.15) is 18.0 Å². The van der Waals surface area contributed by atoms with Gasteiger partial charge in [0.15, 0.2) is 0 Å². The number of hydrogen-bond acceptors (Lipinski definition) is 4. The summed E-state index contributed by atoms with van der Waals surface area (Å²) in [6.07, 6.45) is 10.3. The molecule has 0 radical (unpaired) electrons. The number of allylic oxidation sites excluding steroid dienone is 2. The van der Waals surface area contributed by atoms with E-state index >= 15 is 0 Å². The van der Waals surface area contributed by atoms with Crippen LogP contribution in [-0.4, -0.2) is 12.1 Å². The summed E-state index contributed by atoms with van der Waals surface area (Å²) in [7, 11) is 0. The van der Waals surface area contributed by atoms with Crippen LogP contribution in [0.25, 0.3) is 0 Å². The molecule has 0 atom stereocenters. The normalized spacial score (nSPS) is 27.7. The summed E-state index contributed by atoms with van der Waals surface area (Å²) in [5.41, 5.74) is 0.978. The first-order valence-electron chi connectivity index (χ1n) is 10.1. The molecule has 1 aromatic carbocycles. The van der Waals surface area contributed by atoms with Gasteiger partial charge in [-0.05, 0) is 80.9 Å². The highest BCUT2D eigenvalue weighted by atomic mass is 19.1. The maximum absolute atomic E-state index is 13.9. The van der Waals surface area contributed by atoms with Gasteiger partial charge in [-0.25, -0.2) is 4.39 Å². The quantitative estimate of drug-likeness (QED) is 0.535. The minimum Gasteiger partial charge on any atom is -0.462 e.